The molecule has 7 nitrogen and oxygen atoms in total. The standard InChI is InChI=1S/C13H22N4O3/c1-13(2)8-16(5-4-9(13)14)10(18)7-17-11(19)6-15(3)12(17)20/h9H,4-8,14H2,1-3H3. The third-order valence-corrected chi connectivity index (χ3v) is 4.19. The number of nitrogens with zero attached hydrogens (tertiary/aromatic N) is 3. The summed E-state index contributed by atoms with van der Waals surface area (Å²) in [5.41, 5.74) is 5.89. The number of hydrogen-bond donors (Lipinski definition) is 1. The van der Waals surface area contributed by atoms with E-state index in [1.807, 2.05) is 13.8 Å². The lowest BCUT2D eigenvalue weighted by Crippen LogP contribution is -2.55. The maximum Gasteiger partial charge on any atom is 0.327 e. The summed E-state index contributed by atoms with van der Waals surface area (Å²) in [5.74, 6) is -0.513. The van der Waals surface area contributed by atoms with Crippen LogP contribution in [-0.4, -0.2) is 71.8 Å². The summed E-state index contributed by atoms with van der Waals surface area (Å²) in [6, 6.07) is -0.343. The Labute approximate surface area is 118 Å². The molecule has 2 heterocycles. The Balaban J connectivity index is 1.99. The van der Waals surface area contributed by atoms with Crippen LogP contribution in [0.5, 0.6) is 0 Å². The highest BCUT2D eigenvalue weighted by molar-refractivity contribution is 6.04. The molecule has 2 fully saturated rings. The predicted octanol–water partition coefficient (Wildman–Crippen LogP) is -0.534. The summed E-state index contributed by atoms with van der Waals surface area (Å²) in [6.45, 7) is 5.05. The number of hydrogen-bond acceptors (Lipinski definition) is 4. The lowest BCUT2D eigenvalue weighted by atomic mass is 9.79. The van der Waals surface area contributed by atoms with E-state index >= 15 is 0 Å². The molecule has 0 aliphatic carbocycles. The van der Waals surface area contributed by atoms with Crippen LogP contribution in [0.1, 0.15) is 20.3 Å². The number of nitrogens with two attached hydrogens (primary N) is 1. The van der Waals surface area contributed by atoms with Crippen molar-refractivity contribution < 1.29 is 14.4 Å². The fourth-order valence-corrected chi connectivity index (χ4v) is 2.65. The van der Waals surface area contributed by atoms with Crippen molar-refractivity contribution in [2.24, 2.45) is 11.1 Å². The minimum Gasteiger partial charge on any atom is -0.340 e. The van der Waals surface area contributed by atoms with Gasteiger partial charge in [0.05, 0.1) is 0 Å². The van der Waals surface area contributed by atoms with Gasteiger partial charge >= 0.3 is 6.03 Å². The van der Waals surface area contributed by atoms with Gasteiger partial charge in [-0.05, 0) is 11.8 Å². The topological polar surface area (TPSA) is 87.0 Å². The fourth-order valence-electron chi connectivity index (χ4n) is 2.65. The molecule has 7 heteroatoms. The molecule has 2 rings (SSSR count). The van der Waals surface area contributed by atoms with Crippen LogP contribution >= 0.6 is 0 Å². The van der Waals surface area contributed by atoms with Crippen molar-refractivity contribution in [1.29, 1.82) is 0 Å². The van der Waals surface area contributed by atoms with Crippen molar-refractivity contribution in [3.05, 3.63) is 0 Å². The van der Waals surface area contributed by atoms with E-state index in [4.69, 9.17) is 5.73 Å². The maximum absolute atomic E-state index is 12.3. The summed E-state index contributed by atoms with van der Waals surface area (Å²) in [4.78, 5) is 39.7. The van der Waals surface area contributed by atoms with Gasteiger partial charge in [-0.1, -0.05) is 13.8 Å². The number of imide groups is 1. The molecule has 2 aliphatic heterocycles. The van der Waals surface area contributed by atoms with Crippen LogP contribution < -0.4 is 5.73 Å². The first kappa shape index (κ1) is 14.8. The smallest absolute Gasteiger partial charge is 0.327 e. The van der Waals surface area contributed by atoms with Gasteiger partial charge in [-0.3, -0.25) is 14.5 Å². The Bertz CT molecular complexity index is 449. The van der Waals surface area contributed by atoms with Crippen LogP contribution in [0.4, 0.5) is 4.79 Å². The zero-order chi connectivity index (χ0) is 15.1. The molecule has 20 heavy (non-hydrogen) atoms. The van der Waals surface area contributed by atoms with Gasteiger partial charge in [0.1, 0.15) is 13.1 Å². The average molecular weight is 282 g/mol. The second-order valence-electron chi connectivity index (χ2n) is 6.32. The SMILES string of the molecule is CN1CC(=O)N(CC(=O)N2CCC(N)C(C)(C)C2)C1=O. The van der Waals surface area contributed by atoms with Gasteiger partial charge in [0.2, 0.25) is 5.91 Å². The van der Waals surface area contributed by atoms with Crippen LogP contribution in [0.2, 0.25) is 0 Å². The summed E-state index contributed by atoms with van der Waals surface area (Å²) >= 11 is 0. The molecule has 0 aromatic heterocycles. The van der Waals surface area contributed by atoms with E-state index in [0.29, 0.717) is 13.1 Å². The first-order chi connectivity index (χ1) is 9.22. The van der Waals surface area contributed by atoms with E-state index in [0.717, 1.165) is 11.3 Å². The first-order valence-corrected chi connectivity index (χ1v) is 6.81. The van der Waals surface area contributed by atoms with Gasteiger partial charge in [0.15, 0.2) is 0 Å². The van der Waals surface area contributed by atoms with E-state index in [2.05, 4.69) is 0 Å². The third kappa shape index (κ3) is 2.63. The van der Waals surface area contributed by atoms with Crippen LogP contribution in [0.15, 0.2) is 0 Å². The minimum atomic E-state index is -0.406. The Hall–Kier alpha value is -1.63. The van der Waals surface area contributed by atoms with E-state index in [-0.39, 0.29) is 36.4 Å². The van der Waals surface area contributed by atoms with Crippen LogP contribution in [0.25, 0.3) is 0 Å². The largest absolute Gasteiger partial charge is 0.340 e. The number of likely N-dealkylation sites (tertiary alicyclic amines) is 1. The van der Waals surface area contributed by atoms with E-state index in [1.165, 1.54) is 4.90 Å². The van der Waals surface area contributed by atoms with Crippen molar-refractivity contribution in [1.82, 2.24) is 14.7 Å². The first-order valence-electron chi connectivity index (χ1n) is 6.81. The van der Waals surface area contributed by atoms with Crippen LogP contribution in [-0.2, 0) is 9.59 Å². The van der Waals surface area contributed by atoms with E-state index in [9.17, 15) is 14.4 Å². The molecule has 0 saturated carbocycles. The Morgan fingerprint density at radius 1 is 1.40 bits per heavy atom. The molecule has 4 amide bonds. The van der Waals surface area contributed by atoms with Gasteiger partial charge < -0.3 is 15.5 Å². The summed E-state index contributed by atoms with van der Waals surface area (Å²) in [5, 5.41) is 0. The Kier molecular flexibility index (Phi) is 3.73. The minimum absolute atomic E-state index is 0.0441. The normalized spacial score (nSPS) is 26.4. The van der Waals surface area contributed by atoms with Gasteiger partial charge in [-0.2, -0.15) is 0 Å². The molecular formula is C13H22N4O3. The lowest BCUT2D eigenvalue weighted by Gasteiger charge is -2.42. The number of piperidine rings is 1. The second-order valence-corrected chi connectivity index (χ2v) is 6.32. The molecule has 0 radical (unpaired) electrons. The number of rotatable bonds is 2. The van der Waals surface area contributed by atoms with Crippen molar-refractivity contribution in [2.45, 2.75) is 26.3 Å². The number of amides is 4. The molecule has 0 spiro atoms. The molecule has 0 aromatic carbocycles. The molecule has 0 aromatic rings. The highest BCUT2D eigenvalue weighted by Crippen LogP contribution is 2.27. The third-order valence-electron chi connectivity index (χ3n) is 4.19. The van der Waals surface area contributed by atoms with Crippen molar-refractivity contribution in [3.8, 4) is 0 Å². The van der Waals surface area contributed by atoms with Crippen LogP contribution in [0, 0.1) is 5.41 Å². The van der Waals surface area contributed by atoms with Crippen molar-refractivity contribution in [3.63, 3.8) is 0 Å². The van der Waals surface area contributed by atoms with Crippen LogP contribution in [0.3, 0.4) is 0 Å². The van der Waals surface area contributed by atoms with Crippen molar-refractivity contribution >= 4 is 17.8 Å². The molecule has 1 atom stereocenters. The highest BCUT2D eigenvalue weighted by Gasteiger charge is 2.39. The zero-order valence-corrected chi connectivity index (χ0v) is 12.3. The molecule has 2 saturated heterocycles. The van der Waals surface area contributed by atoms with E-state index in [1.54, 1.807) is 11.9 Å². The zero-order valence-electron chi connectivity index (χ0n) is 12.3. The summed E-state index contributed by atoms with van der Waals surface area (Å²) in [6.07, 6.45) is 0.737. The predicted molar refractivity (Wildman–Crippen MR) is 72.7 cm³/mol. The van der Waals surface area contributed by atoms with Gasteiger partial charge in [-0.25, -0.2) is 4.79 Å². The van der Waals surface area contributed by atoms with Gasteiger partial charge in [0, 0.05) is 26.2 Å². The Morgan fingerprint density at radius 3 is 2.55 bits per heavy atom. The number of likely N-dealkylation sites (N-methyl/N-ethyl adjacent to an activating group) is 1. The molecular weight excluding hydrogens is 260 g/mol. The number of carbonyl (C=O) groups is 3. The maximum atomic E-state index is 12.3. The van der Waals surface area contributed by atoms with Gasteiger partial charge in [0.25, 0.3) is 5.91 Å². The van der Waals surface area contributed by atoms with Gasteiger partial charge in [-0.15, -0.1) is 0 Å². The average Bonchev–Trinajstić information content (AvgIpc) is 2.59. The molecule has 112 valence electrons. The second kappa shape index (κ2) is 5.05. The quantitative estimate of drug-likeness (QED) is 0.690. The lowest BCUT2D eigenvalue weighted by molar-refractivity contribution is -0.139. The molecule has 1 unspecified atom stereocenters. The summed E-state index contributed by atoms with van der Waals surface area (Å²) in [7, 11) is 1.55. The fraction of sp³-hybridized carbons (Fsp3) is 0.769. The van der Waals surface area contributed by atoms with E-state index < -0.39 is 6.03 Å². The Morgan fingerprint density at radius 2 is 2.05 bits per heavy atom. The number of urea groups is 1. The van der Waals surface area contributed by atoms with Crippen molar-refractivity contribution in [2.75, 3.05) is 33.2 Å². The number of carbonyl (C=O) groups excluding carboxylic acids is 3. The summed E-state index contributed by atoms with van der Waals surface area (Å²) < 4.78 is 0. The monoisotopic (exact) mass is 282 g/mol. The molecule has 2 N–H and O–H groups in total. The molecule has 2 aliphatic rings. The molecule has 0 bridgehead atoms. The highest BCUT2D eigenvalue weighted by atomic mass is 16.2.